The van der Waals surface area contributed by atoms with Crippen molar-refractivity contribution in [2.75, 3.05) is 13.1 Å². The van der Waals surface area contributed by atoms with E-state index in [-0.39, 0.29) is 35.5 Å². The molecule has 30 heavy (non-hydrogen) atoms. The van der Waals surface area contributed by atoms with Gasteiger partial charge >= 0.3 is 0 Å². The molecule has 0 aromatic carbocycles. The fraction of sp³-hybridized carbons (Fsp3) is 0.667. The Labute approximate surface area is 178 Å². The zero-order chi connectivity index (χ0) is 21.4. The topological polar surface area (TPSA) is 74.8 Å². The van der Waals surface area contributed by atoms with Crippen molar-refractivity contribution in [3.63, 3.8) is 0 Å². The van der Waals surface area contributed by atoms with E-state index in [1.54, 1.807) is 0 Å². The van der Waals surface area contributed by atoms with Crippen LogP contribution in [0.3, 0.4) is 0 Å². The van der Waals surface area contributed by atoms with Gasteiger partial charge in [0.15, 0.2) is 0 Å². The van der Waals surface area contributed by atoms with Gasteiger partial charge in [-0.3, -0.25) is 29.0 Å². The van der Waals surface area contributed by atoms with Crippen LogP contribution in [0.1, 0.15) is 78.1 Å². The molecule has 2 aliphatic heterocycles. The van der Waals surface area contributed by atoms with Crippen LogP contribution in [0.2, 0.25) is 0 Å². The molecular weight excluding hydrogens is 380 g/mol. The van der Waals surface area contributed by atoms with Crippen LogP contribution in [0.15, 0.2) is 22.3 Å². The normalized spacial score (nSPS) is 26.9. The maximum atomic E-state index is 12.6. The Balaban J connectivity index is 1.20. The van der Waals surface area contributed by atoms with Crippen LogP contribution in [0, 0.1) is 11.8 Å². The molecule has 0 saturated heterocycles. The zero-order valence-electron chi connectivity index (χ0n) is 18.2. The Hall–Kier alpha value is -2.24. The highest BCUT2D eigenvalue weighted by Crippen LogP contribution is 2.38. The van der Waals surface area contributed by atoms with Crippen LogP contribution in [-0.2, 0) is 19.2 Å². The SMILES string of the molecule is CC1CCCC2=C1C(=O)N(CCCCCCN1C(=O)C3=C(C1=O)C(C)CCC3)C2=O. The summed E-state index contributed by atoms with van der Waals surface area (Å²) >= 11 is 0. The molecule has 2 aliphatic carbocycles. The summed E-state index contributed by atoms with van der Waals surface area (Å²) in [5.74, 6) is 0.0458. The molecule has 2 atom stereocenters. The van der Waals surface area contributed by atoms with Gasteiger partial charge < -0.3 is 0 Å². The summed E-state index contributed by atoms with van der Waals surface area (Å²) in [6.45, 7) is 5.01. The van der Waals surface area contributed by atoms with Crippen molar-refractivity contribution >= 4 is 23.6 Å². The number of unbranched alkanes of at least 4 members (excludes halogenated alkanes) is 3. The highest BCUT2D eigenvalue weighted by atomic mass is 16.2. The van der Waals surface area contributed by atoms with E-state index >= 15 is 0 Å². The van der Waals surface area contributed by atoms with E-state index in [1.165, 1.54) is 9.80 Å². The molecule has 4 rings (SSSR count). The minimum atomic E-state index is -0.0828. The van der Waals surface area contributed by atoms with Gasteiger partial charge in [-0.05, 0) is 63.2 Å². The number of amides is 4. The average molecular weight is 413 g/mol. The molecule has 0 N–H and O–H groups in total. The third-order valence-corrected chi connectivity index (χ3v) is 7.23. The lowest BCUT2D eigenvalue weighted by Gasteiger charge is -2.18. The lowest BCUT2D eigenvalue weighted by Crippen LogP contribution is -2.33. The van der Waals surface area contributed by atoms with Crippen molar-refractivity contribution in [1.82, 2.24) is 9.80 Å². The maximum absolute atomic E-state index is 12.6. The molecule has 0 radical (unpaired) electrons. The van der Waals surface area contributed by atoms with Crippen LogP contribution in [-0.4, -0.2) is 46.5 Å². The molecule has 0 fully saturated rings. The molecule has 4 aliphatic rings. The first-order chi connectivity index (χ1) is 14.4. The standard InChI is InChI=1S/C24H32N2O4/c1-15-9-7-11-17-19(15)23(29)25(21(17)27)13-5-3-4-6-14-26-22(28)18-12-8-10-16(2)20(18)24(26)30/h15-16H,3-14H2,1-2H3. The summed E-state index contributed by atoms with van der Waals surface area (Å²) < 4.78 is 0. The first-order valence-corrected chi connectivity index (χ1v) is 11.6. The number of nitrogens with zero attached hydrogens (tertiary/aromatic N) is 2. The predicted molar refractivity (Wildman–Crippen MR) is 112 cm³/mol. The zero-order valence-corrected chi connectivity index (χ0v) is 18.2. The summed E-state index contributed by atoms with van der Waals surface area (Å²) in [7, 11) is 0. The van der Waals surface area contributed by atoms with E-state index in [2.05, 4.69) is 0 Å². The molecular formula is C24H32N2O4. The maximum Gasteiger partial charge on any atom is 0.257 e. The van der Waals surface area contributed by atoms with Crippen molar-refractivity contribution < 1.29 is 19.2 Å². The van der Waals surface area contributed by atoms with E-state index in [4.69, 9.17) is 0 Å². The van der Waals surface area contributed by atoms with Gasteiger partial charge in [0.05, 0.1) is 0 Å². The first kappa shape index (κ1) is 21.0. The summed E-state index contributed by atoms with van der Waals surface area (Å²) in [6.07, 6.45) is 8.67. The Morgan fingerprint density at radius 3 is 1.40 bits per heavy atom. The van der Waals surface area contributed by atoms with Gasteiger partial charge in [-0.2, -0.15) is 0 Å². The minimum Gasteiger partial charge on any atom is -0.275 e. The van der Waals surface area contributed by atoms with Crippen molar-refractivity contribution in [1.29, 1.82) is 0 Å². The molecule has 2 unspecified atom stereocenters. The van der Waals surface area contributed by atoms with Crippen LogP contribution < -0.4 is 0 Å². The molecule has 4 amide bonds. The molecule has 2 heterocycles. The van der Waals surface area contributed by atoms with Gasteiger partial charge in [-0.1, -0.05) is 26.7 Å². The van der Waals surface area contributed by atoms with Crippen LogP contribution in [0.25, 0.3) is 0 Å². The third-order valence-electron chi connectivity index (χ3n) is 7.23. The van der Waals surface area contributed by atoms with Gasteiger partial charge in [0.1, 0.15) is 0 Å². The monoisotopic (exact) mass is 412 g/mol. The first-order valence-electron chi connectivity index (χ1n) is 11.6. The van der Waals surface area contributed by atoms with Crippen LogP contribution in [0.4, 0.5) is 0 Å². The van der Waals surface area contributed by atoms with E-state index < -0.39 is 0 Å². The van der Waals surface area contributed by atoms with Crippen molar-refractivity contribution in [3.05, 3.63) is 22.3 Å². The van der Waals surface area contributed by atoms with Crippen LogP contribution in [0.5, 0.6) is 0 Å². The van der Waals surface area contributed by atoms with E-state index in [0.717, 1.165) is 86.5 Å². The van der Waals surface area contributed by atoms with Crippen molar-refractivity contribution in [2.24, 2.45) is 11.8 Å². The van der Waals surface area contributed by atoms with Gasteiger partial charge in [-0.25, -0.2) is 0 Å². The van der Waals surface area contributed by atoms with Gasteiger partial charge in [0.2, 0.25) is 0 Å². The summed E-state index contributed by atoms with van der Waals surface area (Å²) in [6, 6.07) is 0. The van der Waals surface area contributed by atoms with E-state index in [1.807, 2.05) is 13.8 Å². The second-order valence-electron chi connectivity index (χ2n) is 9.31. The molecule has 162 valence electrons. The fourth-order valence-corrected chi connectivity index (χ4v) is 5.55. The van der Waals surface area contributed by atoms with Crippen molar-refractivity contribution in [2.45, 2.75) is 78.1 Å². The molecule has 0 aromatic heterocycles. The van der Waals surface area contributed by atoms with Crippen molar-refractivity contribution in [3.8, 4) is 0 Å². The van der Waals surface area contributed by atoms with Gasteiger partial charge in [0, 0.05) is 35.4 Å². The molecule has 0 aromatic rings. The summed E-state index contributed by atoms with van der Waals surface area (Å²) in [5.41, 5.74) is 3.00. The number of carbonyl (C=O) groups is 4. The lowest BCUT2D eigenvalue weighted by atomic mass is 9.85. The summed E-state index contributed by atoms with van der Waals surface area (Å²) in [5, 5.41) is 0. The summed E-state index contributed by atoms with van der Waals surface area (Å²) in [4.78, 5) is 53.3. The Morgan fingerprint density at radius 1 is 0.633 bits per heavy atom. The van der Waals surface area contributed by atoms with Gasteiger partial charge in [0.25, 0.3) is 23.6 Å². The number of carbonyl (C=O) groups excluding carboxylic acids is 4. The lowest BCUT2D eigenvalue weighted by molar-refractivity contribution is -0.139. The third kappa shape index (κ3) is 3.54. The fourth-order valence-electron chi connectivity index (χ4n) is 5.55. The predicted octanol–water partition coefficient (Wildman–Crippen LogP) is 3.52. The number of rotatable bonds is 7. The quantitative estimate of drug-likeness (QED) is 0.474. The smallest absolute Gasteiger partial charge is 0.257 e. The number of hydrogen-bond donors (Lipinski definition) is 0. The Bertz CT molecular complexity index is 783. The molecule has 6 nitrogen and oxygen atoms in total. The highest BCUT2D eigenvalue weighted by molar-refractivity contribution is 6.20. The minimum absolute atomic E-state index is 0.0822. The molecule has 0 saturated carbocycles. The van der Waals surface area contributed by atoms with E-state index in [0.29, 0.717) is 13.1 Å². The Kier molecular flexibility index (Phi) is 5.94. The Morgan fingerprint density at radius 2 is 1.03 bits per heavy atom. The average Bonchev–Trinajstić information content (AvgIpc) is 3.12. The second-order valence-corrected chi connectivity index (χ2v) is 9.31. The molecule has 0 spiro atoms. The largest absolute Gasteiger partial charge is 0.275 e. The number of imide groups is 2. The molecule has 0 bridgehead atoms. The second kappa shape index (κ2) is 8.48. The van der Waals surface area contributed by atoms with Gasteiger partial charge in [-0.15, -0.1) is 0 Å². The molecule has 6 heteroatoms. The van der Waals surface area contributed by atoms with E-state index in [9.17, 15) is 19.2 Å². The highest BCUT2D eigenvalue weighted by Gasteiger charge is 2.42. The van der Waals surface area contributed by atoms with Crippen LogP contribution >= 0.6 is 0 Å². The number of hydrogen-bond acceptors (Lipinski definition) is 4.